The van der Waals surface area contributed by atoms with Crippen LogP contribution in [0.3, 0.4) is 0 Å². The third-order valence-corrected chi connectivity index (χ3v) is 4.17. The van der Waals surface area contributed by atoms with Crippen LogP contribution in [0.5, 0.6) is 0 Å². The molecule has 0 spiro atoms. The SMILES string of the molecule is O=C(Nc1ccccc1C(=O)NCC(F)(F)F)c1ccc(Cl)cc1I. The van der Waals surface area contributed by atoms with E-state index in [9.17, 15) is 22.8 Å². The summed E-state index contributed by atoms with van der Waals surface area (Å²) in [6.07, 6.45) is -4.52. The van der Waals surface area contributed by atoms with Crippen LogP contribution in [0.25, 0.3) is 0 Å². The fraction of sp³-hybridized carbons (Fsp3) is 0.125. The smallest absolute Gasteiger partial charge is 0.343 e. The first kappa shape index (κ1) is 19.5. The normalized spacial score (nSPS) is 11.1. The minimum absolute atomic E-state index is 0.0657. The van der Waals surface area contributed by atoms with E-state index in [1.807, 2.05) is 22.6 Å². The van der Waals surface area contributed by atoms with E-state index in [0.29, 0.717) is 14.2 Å². The van der Waals surface area contributed by atoms with Crippen LogP contribution in [0.2, 0.25) is 5.02 Å². The van der Waals surface area contributed by atoms with Crippen molar-refractivity contribution >= 4 is 51.7 Å². The minimum Gasteiger partial charge on any atom is -0.343 e. The van der Waals surface area contributed by atoms with Crippen molar-refractivity contribution in [1.82, 2.24) is 5.32 Å². The third kappa shape index (κ3) is 5.60. The molecule has 0 radical (unpaired) electrons. The molecular weight excluding hydrogens is 472 g/mol. The van der Waals surface area contributed by atoms with Crippen LogP contribution < -0.4 is 10.6 Å². The lowest BCUT2D eigenvalue weighted by atomic mass is 10.1. The average molecular weight is 483 g/mol. The zero-order valence-electron chi connectivity index (χ0n) is 12.5. The van der Waals surface area contributed by atoms with E-state index in [4.69, 9.17) is 11.6 Å². The highest BCUT2D eigenvalue weighted by Crippen LogP contribution is 2.21. The second-order valence-electron chi connectivity index (χ2n) is 4.92. The molecular formula is C16H11ClF3IN2O2. The molecule has 2 amide bonds. The van der Waals surface area contributed by atoms with Gasteiger partial charge in [0.15, 0.2) is 0 Å². The van der Waals surface area contributed by atoms with Crippen LogP contribution >= 0.6 is 34.2 Å². The number of hydrogen-bond donors (Lipinski definition) is 2. The Morgan fingerprint density at radius 2 is 1.72 bits per heavy atom. The van der Waals surface area contributed by atoms with Crippen molar-refractivity contribution in [1.29, 1.82) is 0 Å². The highest BCUT2D eigenvalue weighted by atomic mass is 127. The Hall–Kier alpha value is -1.81. The lowest BCUT2D eigenvalue weighted by molar-refractivity contribution is -0.123. The Morgan fingerprint density at radius 3 is 2.36 bits per heavy atom. The van der Waals surface area contributed by atoms with Gasteiger partial charge in [0.05, 0.1) is 16.8 Å². The number of para-hydroxylation sites is 1. The molecule has 0 saturated carbocycles. The van der Waals surface area contributed by atoms with Gasteiger partial charge in [0.1, 0.15) is 6.54 Å². The summed E-state index contributed by atoms with van der Waals surface area (Å²) in [5, 5.41) is 4.78. The number of amides is 2. The molecule has 2 aromatic rings. The van der Waals surface area contributed by atoms with Gasteiger partial charge in [0, 0.05) is 8.59 Å². The molecule has 0 unspecified atom stereocenters. The third-order valence-electron chi connectivity index (χ3n) is 3.05. The predicted molar refractivity (Wildman–Crippen MR) is 97.0 cm³/mol. The summed E-state index contributed by atoms with van der Waals surface area (Å²) in [4.78, 5) is 24.3. The quantitative estimate of drug-likeness (QED) is 0.631. The zero-order chi connectivity index (χ0) is 18.6. The van der Waals surface area contributed by atoms with E-state index in [1.165, 1.54) is 24.3 Å². The molecule has 0 bridgehead atoms. The van der Waals surface area contributed by atoms with Gasteiger partial charge in [-0.1, -0.05) is 23.7 Å². The van der Waals surface area contributed by atoms with Gasteiger partial charge in [-0.2, -0.15) is 13.2 Å². The average Bonchev–Trinajstić information content (AvgIpc) is 2.52. The zero-order valence-corrected chi connectivity index (χ0v) is 15.4. The lowest BCUT2D eigenvalue weighted by Crippen LogP contribution is -2.34. The number of alkyl halides is 3. The number of carbonyl (C=O) groups excluding carboxylic acids is 2. The second-order valence-corrected chi connectivity index (χ2v) is 6.52. The van der Waals surface area contributed by atoms with Gasteiger partial charge in [0.25, 0.3) is 11.8 Å². The van der Waals surface area contributed by atoms with E-state index in [0.717, 1.165) is 0 Å². The molecule has 132 valence electrons. The van der Waals surface area contributed by atoms with E-state index in [1.54, 1.807) is 23.5 Å². The Kier molecular flexibility index (Phi) is 6.28. The first-order chi connectivity index (χ1) is 11.7. The second kappa shape index (κ2) is 8.05. The summed E-state index contributed by atoms with van der Waals surface area (Å²) in [5.41, 5.74) is 0.373. The van der Waals surface area contributed by atoms with Crippen LogP contribution in [0.4, 0.5) is 18.9 Å². The molecule has 0 saturated heterocycles. The molecule has 0 aromatic heterocycles. The first-order valence-corrected chi connectivity index (χ1v) is 8.33. The van der Waals surface area contributed by atoms with E-state index in [-0.39, 0.29) is 11.3 Å². The summed E-state index contributed by atoms with van der Waals surface area (Å²) < 4.78 is 37.3. The summed E-state index contributed by atoms with van der Waals surface area (Å²) in [6.45, 7) is -1.46. The summed E-state index contributed by atoms with van der Waals surface area (Å²) in [7, 11) is 0. The highest BCUT2D eigenvalue weighted by molar-refractivity contribution is 14.1. The van der Waals surface area contributed by atoms with Crippen molar-refractivity contribution in [2.75, 3.05) is 11.9 Å². The Labute approximate surface area is 159 Å². The molecule has 0 heterocycles. The van der Waals surface area contributed by atoms with Crippen molar-refractivity contribution in [3.05, 3.63) is 62.2 Å². The number of benzene rings is 2. The topological polar surface area (TPSA) is 58.2 Å². The van der Waals surface area contributed by atoms with Gasteiger partial charge >= 0.3 is 6.18 Å². The van der Waals surface area contributed by atoms with E-state index in [2.05, 4.69) is 5.32 Å². The van der Waals surface area contributed by atoms with Gasteiger partial charge in [0.2, 0.25) is 0 Å². The van der Waals surface area contributed by atoms with E-state index >= 15 is 0 Å². The molecule has 0 atom stereocenters. The van der Waals surface area contributed by atoms with E-state index < -0.39 is 24.5 Å². The molecule has 9 heteroatoms. The van der Waals surface area contributed by atoms with Crippen LogP contribution in [0, 0.1) is 3.57 Å². The fourth-order valence-electron chi connectivity index (χ4n) is 1.93. The highest BCUT2D eigenvalue weighted by Gasteiger charge is 2.28. The molecule has 2 rings (SSSR count). The van der Waals surface area contributed by atoms with Crippen LogP contribution in [-0.2, 0) is 0 Å². The maximum Gasteiger partial charge on any atom is 0.405 e. The van der Waals surface area contributed by atoms with Gasteiger partial charge in [-0.05, 0) is 52.9 Å². The number of halogens is 5. The van der Waals surface area contributed by atoms with Crippen LogP contribution in [-0.4, -0.2) is 24.5 Å². The summed E-state index contributed by atoms with van der Waals surface area (Å²) in [6, 6.07) is 10.5. The van der Waals surface area contributed by atoms with Crippen LogP contribution in [0.1, 0.15) is 20.7 Å². The molecule has 0 aliphatic rings. The van der Waals surface area contributed by atoms with Gasteiger partial charge in [-0.25, -0.2) is 0 Å². The monoisotopic (exact) mass is 482 g/mol. The summed E-state index contributed by atoms with van der Waals surface area (Å²) in [5.74, 6) is -1.43. The lowest BCUT2D eigenvalue weighted by Gasteiger charge is -2.13. The van der Waals surface area contributed by atoms with Crippen molar-refractivity contribution < 1.29 is 22.8 Å². The molecule has 0 aliphatic heterocycles. The number of nitrogens with one attached hydrogen (secondary N) is 2. The van der Waals surface area contributed by atoms with Gasteiger partial charge < -0.3 is 10.6 Å². The molecule has 25 heavy (non-hydrogen) atoms. The van der Waals surface area contributed by atoms with Crippen molar-refractivity contribution in [2.24, 2.45) is 0 Å². The number of carbonyl (C=O) groups is 2. The Morgan fingerprint density at radius 1 is 1.04 bits per heavy atom. The number of anilines is 1. The number of rotatable bonds is 4. The van der Waals surface area contributed by atoms with Gasteiger partial charge in [-0.15, -0.1) is 0 Å². The largest absolute Gasteiger partial charge is 0.405 e. The molecule has 0 aliphatic carbocycles. The van der Waals surface area contributed by atoms with Crippen molar-refractivity contribution in [3.63, 3.8) is 0 Å². The number of hydrogen-bond acceptors (Lipinski definition) is 2. The Balaban J connectivity index is 2.20. The maximum atomic E-state index is 12.4. The van der Waals surface area contributed by atoms with Gasteiger partial charge in [-0.3, -0.25) is 9.59 Å². The fourth-order valence-corrected chi connectivity index (χ4v) is 3.05. The minimum atomic E-state index is -4.52. The molecule has 0 fully saturated rings. The molecule has 2 N–H and O–H groups in total. The Bertz CT molecular complexity index is 812. The predicted octanol–water partition coefficient (Wildman–Crippen LogP) is 4.49. The summed E-state index contributed by atoms with van der Waals surface area (Å²) >= 11 is 7.78. The van der Waals surface area contributed by atoms with Crippen molar-refractivity contribution in [3.8, 4) is 0 Å². The molecule has 2 aromatic carbocycles. The maximum absolute atomic E-state index is 12.4. The standard InChI is InChI=1S/C16H11ClF3IN2O2/c17-9-5-6-10(12(21)7-9)15(25)23-13-4-2-1-3-11(13)14(24)22-8-16(18,19)20/h1-7H,8H2,(H,22,24)(H,23,25). The molecule has 4 nitrogen and oxygen atoms in total. The first-order valence-electron chi connectivity index (χ1n) is 6.88. The van der Waals surface area contributed by atoms with Crippen molar-refractivity contribution in [2.45, 2.75) is 6.18 Å². The van der Waals surface area contributed by atoms with Crippen LogP contribution in [0.15, 0.2) is 42.5 Å².